The van der Waals surface area contributed by atoms with Gasteiger partial charge >= 0.3 is 6.18 Å². The molecule has 1 amide bonds. The number of hydrogen-bond acceptors (Lipinski definition) is 8. The zero-order valence-electron chi connectivity index (χ0n) is 19.4. The number of halogens is 5. The number of benzene rings is 1. The Bertz CT molecular complexity index is 1260. The second-order valence-electron chi connectivity index (χ2n) is 9.46. The third-order valence-corrected chi connectivity index (χ3v) is 7.37. The highest BCUT2D eigenvalue weighted by molar-refractivity contribution is 5.94. The summed E-state index contributed by atoms with van der Waals surface area (Å²) < 4.78 is 70.6. The van der Waals surface area contributed by atoms with E-state index in [0.29, 0.717) is 37.8 Å². The van der Waals surface area contributed by atoms with Gasteiger partial charge in [0.25, 0.3) is 11.8 Å². The molecule has 2 bridgehead atoms. The maximum Gasteiger partial charge on any atom is 0.434 e. The number of aromatic nitrogens is 4. The lowest BCUT2D eigenvalue weighted by molar-refractivity contribution is -0.141. The van der Waals surface area contributed by atoms with Crippen molar-refractivity contribution in [2.24, 2.45) is 5.41 Å². The van der Waals surface area contributed by atoms with Gasteiger partial charge in [0.05, 0.1) is 12.4 Å². The van der Waals surface area contributed by atoms with Crippen molar-refractivity contribution in [3.8, 4) is 17.3 Å². The SMILES string of the molecule is N.O=C(NCC12CCC(c3noc(-c4cnc(C(F)(F)F)cn4)n3)(CC1)CC2)c1cc(F)c(O)c(F)c1. The summed E-state index contributed by atoms with van der Waals surface area (Å²) in [6, 6.07) is 1.57. The Labute approximate surface area is 207 Å². The van der Waals surface area contributed by atoms with Crippen LogP contribution in [0.1, 0.15) is 60.4 Å². The molecule has 3 aromatic rings. The van der Waals surface area contributed by atoms with E-state index in [1.54, 1.807) is 0 Å². The lowest BCUT2D eigenvalue weighted by atomic mass is 9.53. The van der Waals surface area contributed by atoms with Crippen molar-refractivity contribution in [3.63, 3.8) is 0 Å². The number of hydrogen-bond donors (Lipinski definition) is 3. The Morgan fingerprint density at radius 2 is 1.65 bits per heavy atom. The molecule has 37 heavy (non-hydrogen) atoms. The third-order valence-electron chi connectivity index (χ3n) is 7.37. The molecule has 0 spiro atoms. The number of phenolic OH excluding ortho intramolecular Hbond substituents is 1. The minimum atomic E-state index is -4.60. The van der Waals surface area contributed by atoms with E-state index in [9.17, 15) is 31.9 Å². The number of nitrogens with one attached hydrogen (secondary N) is 1. The van der Waals surface area contributed by atoms with Crippen LogP contribution in [0.15, 0.2) is 29.0 Å². The molecule has 198 valence electrons. The fourth-order valence-corrected chi connectivity index (χ4v) is 5.06. The van der Waals surface area contributed by atoms with Crippen LogP contribution in [0.3, 0.4) is 0 Å². The van der Waals surface area contributed by atoms with Crippen molar-refractivity contribution in [2.75, 3.05) is 6.54 Å². The maximum atomic E-state index is 13.6. The minimum absolute atomic E-state index is 0. The zero-order chi connectivity index (χ0) is 25.7. The molecule has 3 fully saturated rings. The fourth-order valence-electron chi connectivity index (χ4n) is 5.06. The molecule has 1 aromatic carbocycles. The quantitative estimate of drug-likeness (QED) is 0.405. The van der Waals surface area contributed by atoms with Crippen molar-refractivity contribution in [1.82, 2.24) is 31.6 Å². The predicted molar refractivity (Wildman–Crippen MR) is 118 cm³/mol. The van der Waals surface area contributed by atoms with Gasteiger partial charge in [0.1, 0.15) is 5.69 Å². The second-order valence-corrected chi connectivity index (χ2v) is 9.46. The van der Waals surface area contributed by atoms with Gasteiger partial charge in [-0.05, 0) is 56.1 Å². The van der Waals surface area contributed by atoms with E-state index in [4.69, 9.17) is 4.52 Å². The molecule has 0 saturated heterocycles. The standard InChI is InChI=1S/C23H20F5N5O3.H3N/c24-13-7-12(8-14(25)17(13)34)18(35)31-11-21-1-4-22(5-2-21,6-3-21)20-32-19(36-33-20)15-9-30-16(10-29-15)23(26,27)28;/h7-10,34H,1-6,11H2,(H,31,35);1H3. The summed E-state index contributed by atoms with van der Waals surface area (Å²) in [5.41, 5.74) is -1.82. The summed E-state index contributed by atoms with van der Waals surface area (Å²) in [5.74, 6) is -3.73. The van der Waals surface area contributed by atoms with Crippen LogP contribution in [0.5, 0.6) is 5.75 Å². The fraction of sp³-hybridized carbons (Fsp3) is 0.435. The number of carbonyl (C=O) groups excluding carboxylic acids is 1. The average Bonchev–Trinajstić information content (AvgIpc) is 3.38. The third kappa shape index (κ3) is 4.84. The molecule has 5 N–H and O–H groups in total. The molecular formula is C23H23F5N6O3. The normalized spacial score (nSPS) is 22.9. The highest BCUT2D eigenvalue weighted by atomic mass is 19.4. The van der Waals surface area contributed by atoms with Crippen LogP contribution in [0.2, 0.25) is 0 Å². The Kier molecular flexibility index (Phi) is 6.65. The molecule has 0 aliphatic heterocycles. The first-order valence-electron chi connectivity index (χ1n) is 11.2. The number of carbonyl (C=O) groups is 1. The molecule has 3 saturated carbocycles. The molecular weight excluding hydrogens is 503 g/mol. The minimum Gasteiger partial charge on any atom is -0.503 e. The first kappa shape index (κ1) is 26.4. The summed E-state index contributed by atoms with van der Waals surface area (Å²) >= 11 is 0. The van der Waals surface area contributed by atoms with E-state index in [1.165, 1.54) is 0 Å². The average molecular weight is 526 g/mol. The van der Waals surface area contributed by atoms with E-state index in [2.05, 4.69) is 25.4 Å². The van der Waals surface area contributed by atoms with Crippen LogP contribution >= 0.6 is 0 Å². The van der Waals surface area contributed by atoms with Crippen LogP contribution in [-0.2, 0) is 11.6 Å². The molecule has 0 radical (unpaired) electrons. The number of nitrogens with zero attached hydrogens (tertiary/aromatic N) is 4. The summed E-state index contributed by atoms with van der Waals surface area (Å²) in [4.78, 5) is 24.0. The van der Waals surface area contributed by atoms with Crippen molar-refractivity contribution in [3.05, 3.63) is 53.2 Å². The van der Waals surface area contributed by atoms with Gasteiger partial charge in [0, 0.05) is 17.5 Å². The van der Waals surface area contributed by atoms with Gasteiger partial charge in [0.15, 0.2) is 28.9 Å². The first-order chi connectivity index (χ1) is 17.0. The lowest BCUT2D eigenvalue weighted by Gasteiger charge is -2.52. The van der Waals surface area contributed by atoms with Crippen molar-refractivity contribution >= 4 is 5.91 Å². The van der Waals surface area contributed by atoms with Crippen LogP contribution in [0.25, 0.3) is 11.6 Å². The Morgan fingerprint density at radius 1 is 1.03 bits per heavy atom. The van der Waals surface area contributed by atoms with Gasteiger partial charge in [-0.2, -0.15) is 18.2 Å². The summed E-state index contributed by atoms with van der Waals surface area (Å²) in [6.07, 6.45) is 1.33. The first-order valence-corrected chi connectivity index (χ1v) is 11.2. The Hall–Kier alpha value is -3.68. The molecule has 2 heterocycles. The van der Waals surface area contributed by atoms with E-state index in [0.717, 1.165) is 37.6 Å². The van der Waals surface area contributed by atoms with Crippen molar-refractivity contribution < 1.29 is 36.4 Å². The molecule has 3 aliphatic rings. The monoisotopic (exact) mass is 526 g/mol. The maximum absolute atomic E-state index is 13.6. The molecule has 6 rings (SSSR count). The van der Waals surface area contributed by atoms with E-state index < -0.39 is 35.2 Å². The van der Waals surface area contributed by atoms with E-state index in [-0.39, 0.29) is 34.1 Å². The molecule has 9 nitrogen and oxygen atoms in total. The number of rotatable bonds is 5. The van der Waals surface area contributed by atoms with Gasteiger partial charge in [-0.25, -0.2) is 18.7 Å². The molecule has 0 atom stereocenters. The molecule has 0 unspecified atom stereocenters. The summed E-state index contributed by atoms with van der Waals surface area (Å²) in [6.45, 7) is 0.324. The largest absolute Gasteiger partial charge is 0.503 e. The van der Waals surface area contributed by atoms with Crippen molar-refractivity contribution in [1.29, 1.82) is 0 Å². The number of aromatic hydroxyl groups is 1. The van der Waals surface area contributed by atoms with Gasteiger partial charge in [0.2, 0.25) is 0 Å². The van der Waals surface area contributed by atoms with Crippen LogP contribution in [-0.4, -0.2) is 37.7 Å². The smallest absolute Gasteiger partial charge is 0.434 e. The van der Waals surface area contributed by atoms with Crippen molar-refractivity contribution in [2.45, 2.75) is 50.1 Å². The zero-order valence-corrected chi connectivity index (χ0v) is 19.4. The molecule has 14 heteroatoms. The number of alkyl halides is 3. The van der Waals surface area contributed by atoms with Crippen LogP contribution < -0.4 is 11.5 Å². The second kappa shape index (κ2) is 9.32. The van der Waals surface area contributed by atoms with E-state index in [1.807, 2.05) is 0 Å². The highest BCUT2D eigenvalue weighted by Crippen LogP contribution is 2.57. The topological polar surface area (TPSA) is 149 Å². The summed E-state index contributed by atoms with van der Waals surface area (Å²) in [5, 5.41) is 16.0. The Balaban J connectivity index is 0.00000320. The van der Waals surface area contributed by atoms with Crippen LogP contribution in [0.4, 0.5) is 22.0 Å². The van der Waals surface area contributed by atoms with Gasteiger partial charge < -0.3 is 21.1 Å². The number of fused-ring (bicyclic) bond motifs is 3. The lowest BCUT2D eigenvalue weighted by Crippen LogP contribution is -2.49. The predicted octanol–water partition coefficient (Wildman–Crippen LogP) is 4.71. The van der Waals surface area contributed by atoms with Gasteiger partial charge in [-0.15, -0.1) is 0 Å². The van der Waals surface area contributed by atoms with Gasteiger partial charge in [-0.3, -0.25) is 4.79 Å². The van der Waals surface area contributed by atoms with Gasteiger partial charge in [-0.1, -0.05) is 5.16 Å². The highest BCUT2D eigenvalue weighted by Gasteiger charge is 2.51. The molecule has 3 aliphatic carbocycles. The molecule has 2 aromatic heterocycles. The van der Waals surface area contributed by atoms with Crippen LogP contribution in [0, 0.1) is 17.0 Å². The summed E-state index contributed by atoms with van der Waals surface area (Å²) in [7, 11) is 0. The Morgan fingerprint density at radius 3 is 2.19 bits per heavy atom. The number of phenols is 1. The van der Waals surface area contributed by atoms with E-state index >= 15 is 0 Å². The number of amides is 1.